The number of rotatable bonds is 9. The highest BCUT2D eigenvalue weighted by Crippen LogP contribution is 2.42. The predicted molar refractivity (Wildman–Crippen MR) is 128 cm³/mol. The molecule has 0 saturated carbocycles. The summed E-state index contributed by atoms with van der Waals surface area (Å²) >= 11 is 6.10. The summed E-state index contributed by atoms with van der Waals surface area (Å²) in [5.74, 6) is -0.592. The fourth-order valence-corrected chi connectivity index (χ4v) is 3.93. The monoisotopic (exact) mass is 472 g/mol. The van der Waals surface area contributed by atoms with Crippen molar-refractivity contribution in [2.45, 2.75) is 19.4 Å². The van der Waals surface area contributed by atoms with Crippen molar-refractivity contribution >= 4 is 29.1 Å². The number of carbonyl (C=O) groups excluding carboxylic acids is 2. The summed E-state index contributed by atoms with van der Waals surface area (Å²) in [7, 11) is 5.33. The lowest BCUT2D eigenvalue weighted by atomic mass is 9.95. The number of ether oxygens (including phenoxy) is 2. The van der Waals surface area contributed by atoms with Gasteiger partial charge in [-0.15, -0.1) is 0 Å². The summed E-state index contributed by atoms with van der Waals surface area (Å²) in [6, 6.07) is 11.1. The minimum Gasteiger partial charge on any atom is -0.507 e. The van der Waals surface area contributed by atoms with Gasteiger partial charge in [0.1, 0.15) is 5.76 Å². The van der Waals surface area contributed by atoms with Gasteiger partial charge in [0.15, 0.2) is 11.5 Å². The van der Waals surface area contributed by atoms with Crippen LogP contribution in [0.25, 0.3) is 5.76 Å². The summed E-state index contributed by atoms with van der Waals surface area (Å²) < 4.78 is 11.3. The van der Waals surface area contributed by atoms with E-state index in [9.17, 15) is 14.7 Å². The number of carbonyl (C=O) groups is 2. The van der Waals surface area contributed by atoms with Gasteiger partial charge in [0.05, 0.1) is 25.3 Å². The van der Waals surface area contributed by atoms with E-state index in [1.165, 1.54) is 4.90 Å². The summed E-state index contributed by atoms with van der Waals surface area (Å²) in [5.41, 5.74) is 1.03. The van der Waals surface area contributed by atoms with Crippen LogP contribution in [0.3, 0.4) is 0 Å². The Balaban J connectivity index is 2.17. The molecule has 1 aliphatic rings. The first-order chi connectivity index (χ1) is 15.8. The number of benzene rings is 2. The Labute approximate surface area is 199 Å². The lowest BCUT2D eigenvalue weighted by Gasteiger charge is -2.27. The molecule has 33 heavy (non-hydrogen) atoms. The third kappa shape index (κ3) is 5.31. The van der Waals surface area contributed by atoms with Crippen molar-refractivity contribution in [2.24, 2.45) is 0 Å². The summed E-state index contributed by atoms with van der Waals surface area (Å²) in [4.78, 5) is 29.6. The summed E-state index contributed by atoms with van der Waals surface area (Å²) in [6.45, 7) is 3.35. The molecule has 1 aliphatic heterocycles. The Morgan fingerprint density at radius 2 is 1.91 bits per heavy atom. The number of aliphatic hydroxyl groups is 1. The van der Waals surface area contributed by atoms with Gasteiger partial charge in [-0.1, -0.05) is 36.7 Å². The summed E-state index contributed by atoms with van der Waals surface area (Å²) in [6.07, 6.45) is 0.809. The quantitative estimate of drug-likeness (QED) is 0.336. The van der Waals surface area contributed by atoms with E-state index >= 15 is 0 Å². The molecule has 1 atom stereocenters. The Morgan fingerprint density at radius 3 is 2.55 bits per heavy atom. The lowest BCUT2D eigenvalue weighted by Crippen LogP contribution is -2.35. The van der Waals surface area contributed by atoms with Crippen LogP contribution in [0.2, 0.25) is 5.02 Å². The number of ketones is 1. The molecule has 0 bridgehead atoms. The van der Waals surface area contributed by atoms with Crippen LogP contribution in [0.1, 0.15) is 30.5 Å². The smallest absolute Gasteiger partial charge is 0.295 e. The first-order valence-corrected chi connectivity index (χ1v) is 11.2. The molecule has 0 radical (unpaired) electrons. The van der Waals surface area contributed by atoms with Crippen molar-refractivity contribution in [2.75, 3.05) is 40.9 Å². The zero-order chi connectivity index (χ0) is 24.1. The maximum Gasteiger partial charge on any atom is 0.295 e. The first kappa shape index (κ1) is 24.6. The number of likely N-dealkylation sites (tertiary alicyclic amines) is 1. The molecule has 0 aromatic heterocycles. The molecular formula is C25H29ClN2O5. The molecule has 2 aromatic carbocycles. The maximum absolute atomic E-state index is 13.1. The molecule has 1 amide bonds. The number of nitrogens with zero attached hydrogens (tertiary/aromatic N) is 2. The molecule has 0 spiro atoms. The molecule has 3 rings (SSSR count). The third-order valence-corrected chi connectivity index (χ3v) is 5.63. The molecule has 1 heterocycles. The SMILES string of the molecule is CCCOc1cc(C2/C(=C(/O)c3cccc(Cl)c3)C(=O)C(=O)N2CCN(C)C)ccc1OC. The highest BCUT2D eigenvalue weighted by molar-refractivity contribution is 6.46. The highest BCUT2D eigenvalue weighted by Gasteiger charge is 2.46. The average Bonchev–Trinajstić information content (AvgIpc) is 3.05. The molecule has 2 aromatic rings. The number of hydrogen-bond acceptors (Lipinski definition) is 6. The molecule has 176 valence electrons. The molecule has 8 heteroatoms. The van der Waals surface area contributed by atoms with Crippen LogP contribution in [-0.2, 0) is 9.59 Å². The van der Waals surface area contributed by atoms with E-state index in [1.807, 2.05) is 25.9 Å². The molecule has 1 unspecified atom stereocenters. The van der Waals surface area contributed by atoms with E-state index in [4.69, 9.17) is 21.1 Å². The van der Waals surface area contributed by atoms with E-state index in [0.29, 0.717) is 47.3 Å². The maximum atomic E-state index is 13.1. The molecule has 0 aliphatic carbocycles. The van der Waals surface area contributed by atoms with Gasteiger partial charge in [-0.2, -0.15) is 0 Å². The Morgan fingerprint density at radius 1 is 1.15 bits per heavy atom. The number of likely N-dealkylation sites (N-methyl/N-ethyl adjacent to an activating group) is 1. The molecular weight excluding hydrogens is 444 g/mol. The zero-order valence-corrected chi connectivity index (χ0v) is 20.1. The van der Waals surface area contributed by atoms with Gasteiger partial charge in [-0.05, 0) is 50.3 Å². The fraction of sp³-hybridized carbons (Fsp3) is 0.360. The second-order valence-electron chi connectivity index (χ2n) is 8.06. The Kier molecular flexibility index (Phi) is 8.00. The largest absolute Gasteiger partial charge is 0.507 e. The van der Waals surface area contributed by atoms with Crippen LogP contribution in [-0.4, -0.2) is 67.5 Å². The number of halogens is 1. The Bertz CT molecular complexity index is 1070. The topological polar surface area (TPSA) is 79.3 Å². The number of aliphatic hydroxyl groups excluding tert-OH is 1. The van der Waals surface area contributed by atoms with Crippen LogP contribution >= 0.6 is 11.6 Å². The normalized spacial score (nSPS) is 17.6. The molecule has 1 saturated heterocycles. The predicted octanol–water partition coefficient (Wildman–Crippen LogP) is 4.12. The van der Waals surface area contributed by atoms with Crippen LogP contribution in [0.4, 0.5) is 0 Å². The van der Waals surface area contributed by atoms with Crippen molar-refractivity contribution in [3.05, 3.63) is 64.2 Å². The van der Waals surface area contributed by atoms with Crippen molar-refractivity contribution in [1.82, 2.24) is 9.80 Å². The van der Waals surface area contributed by atoms with Crippen molar-refractivity contribution < 1.29 is 24.2 Å². The number of hydrogen-bond donors (Lipinski definition) is 1. The van der Waals surface area contributed by atoms with E-state index in [0.717, 1.165) is 6.42 Å². The van der Waals surface area contributed by atoms with Crippen LogP contribution in [0.5, 0.6) is 11.5 Å². The number of amides is 1. The molecule has 7 nitrogen and oxygen atoms in total. The summed E-state index contributed by atoms with van der Waals surface area (Å²) in [5, 5.41) is 11.5. The van der Waals surface area contributed by atoms with Crippen LogP contribution in [0.15, 0.2) is 48.0 Å². The van der Waals surface area contributed by atoms with Gasteiger partial charge in [-0.3, -0.25) is 9.59 Å². The second kappa shape index (κ2) is 10.7. The van der Waals surface area contributed by atoms with Crippen LogP contribution in [0, 0.1) is 0 Å². The van der Waals surface area contributed by atoms with E-state index in [1.54, 1.807) is 49.6 Å². The van der Waals surface area contributed by atoms with E-state index < -0.39 is 17.7 Å². The van der Waals surface area contributed by atoms with Crippen molar-refractivity contribution in [1.29, 1.82) is 0 Å². The average molecular weight is 473 g/mol. The van der Waals surface area contributed by atoms with Gasteiger partial charge in [-0.25, -0.2) is 0 Å². The Hall–Kier alpha value is -3.03. The van der Waals surface area contributed by atoms with E-state index in [-0.39, 0.29) is 11.3 Å². The zero-order valence-electron chi connectivity index (χ0n) is 19.3. The fourth-order valence-electron chi connectivity index (χ4n) is 3.74. The first-order valence-electron chi connectivity index (χ1n) is 10.8. The minimum atomic E-state index is -0.779. The van der Waals surface area contributed by atoms with Gasteiger partial charge < -0.3 is 24.4 Å². The van der Waals surface area contributed by atoms with Crippen LogP contribution < -0.4 is 9.47 Å². The molecule has 1 fully saturated rings. The highest BCUT2D eigenvalue weighted by atomic mass is 35.5. The van der Waals surface area contributed by atoms with Crippen molar-refractivity contribution in [3.63, 3.8) is 0 Å². The van der Waals surface area contributed by atoms with Gasteiger partial charge in [0, 0.05) is 23.7 Å². The number of Topliss-reactive ketones (excluding diaryl/α,β-unsaturated/α-hetero) is 1. The number of methoxy groups -OCH3 is 1. The second-order valence-corrected chi connectivity index (χ2v) is 8.50. The van der Waals surface area contributed by atoms with Gasteiger partial charge in [0.2, 0.25) is 0 Å². The van der Waals surface area contributed by atoms with Gasteiger partial charge >= 0.3 is 0 Å². The van der Waals surface area contributed by atoms with Crippen molar-refractivity contribution in [3.8, 4) is 11.5 Å². The molecule has 1 N–H and O–H groups in total. The van der Waals surface area contributed by atoms with Gasteiger partial charge in [0.25, 0.3) is 11.7 Å². The lowest BCUT2D eigenvalue weighted by molar-refractivity contribution is -0.140. The standard InChI is InChI=1S/C25H29ClN2O5/c1-5-13-33-20-15-16(9-10-19(20)32-4)22-21(23(29)17-7-6-8-18(26)14-17)24(30)25(31)28(22)12-11-27(2)3/h6-10,14-15,22,29H,5,11-13H2,1-4H3/b23-21-. The van der Waals surface area contributed by atoms with E-state index in [2.05, 4.69) is 0 Å². The minimum absolute atomic E-state index is 0.0210. The third-order valence-electron chi connectivity index (χ3n) is 5.39.